The Kier molecular flexibility index (Phi) is 4.95. The number of esters is 1. The molecule has 0 aliphatic rings. The van der Waals surface area contributed by atoms with Gasteiger partial charge in [0.05, 0.1) is 25.6 Å². The summed E-state index contributed by atoms with van der Waals surface area (Å²) in [4.78, 5) is 19.4. The summed E-state index contributed by atoms with van der Waals surface area (Å²) in [6.07, 6.45) is 3.04. The summed E-state index contributed by atoms with van der Waals surface area (Å²) in [6.45, 7) is 0. The van der Waals surface area contributed by atoms with E-state index in [1.165, 1.54) is 13.2 Å². The monoisotopic (exact) mass is 334 g/mol. The van der Waals surface area contributed by atoms with Crippen molar-refractivity contribution in [3.63, 3.8) is 0 Å². The van der Waals surface area contributed by atoms with Gasteiger partial charge in [0, 0.05) is 17.2 Å². The predicted octanol–water partition coefficient (Wildman–Crippen LogP) is 3.94. The third-order valence-corrected chi connectivity index (χ3v) is 3.73. The van der Waals surface area contributed by atoms with E-state index in [4.69, 9.17) is 9.72 Å². The van der Waals surface area contributed by atoms with Gasteiger partial charge >= 0.3 is 5.97 Å². The molecule has 0 aliphatic carbocycles. The number of carbonyl (C=O) groups excluding carboxylic acids is 1. The van der Waals surface area contributed by atoms with E-state index in [1.807, 2.05) is 54.6 Å². The molecular weight excluding hydrogens is 316 g/mol. The highest BCUT2D eigenvalue weighted by molar-refractivity contribution is 5.88. The lowest BCUT2D eigenvalue weighted by atomic mass is 10.1. The second-order valence-electron chi connectivity index (χ2n) is 5.30. The van der Waals surface area contributed by atoms with Crippen LogP contribution in [0.15, 0.2) is 60.7 Å². The molecule has 0 amide bonds. The second kappa shape index (κ2) is 7.49. The van der Waals surface area contributed by atoms with Crippen LogP contribution in [0, 0.1) is 0 Å². The molecule has 0 fully saturated rings. The summed E-state index contributed by atoms with van der Waals surface area (Å²) in [5.41, 5.74) is 3.37. The van der Waals surface area contributed by atoms with Crippen molar-refractivity contribution in [2.75, 3.05) is 14.2 Å². The average Bonchev–Trinajstić information content (AvgIpc) is 3.11. The molecule has 0 radical (unpaired) electrons. The van der Waals surface area contributed by atoms with E-state index in [9.17, 15) is 4.79 Å². The SMILES string of the molecule is COC(=O)C=Cc1[nH]c(-c2ccccc2)nc1-c1ccc(OC)cc1. The molecule has 25 heavy (non-hydrogen) atoms. The molecule has 1 N–H and O–H groups in total. The summed E-state index contributed by atoms with van der Waals surface area (Å²) in [7, 11) is 2.97. The third kappa shape index (κ3) is 3.77. The molecule has 5 heteroatoms. The molecule has 5 nitrogen and oxygen atoms in total. The van der Waals surface area contributed by atoms with Crippen LogP contribution in [0.2, 0.25) is 0 Å². The van der Waals surface area contributed by atoms with Crippen LogP contribution in [0.1, 0.15) is 5.69 Å². The number of imidazole rings is 1. The number of H-pyrrole nitrogens is 1. The molecule has 3 aromatic rings. The normalized spacial score (nSPS) is 10.8. The molecule has 0 saturated carbocycles. The Morgan fingerprint density at radius 1 is 1.00 bits per heavy atom. The van der Waals surface area contributed by atoms with Gasteiger partial charge in [-0.2, -0.15) is 0 Å². The van der Waals surface area contributed by atoms with Crippen molar-refractivity contribution >= 4 is 12.0 Å². The highest BCUT2D eigenvalue weighted by Gasteiger charge is 2.12. The van der Waals surface area contributed by atoms with E-state index in [1.54, 1.807) is 13.2 Å². The number of hydrogen-bond acceptors (Lipinski definition) is 4. The van der Waals surface area contributed by atoms with E-state index < -0.39 is 5.97 Å². The number of hydrogen-bond donors (Lipinski definition) is 1. The number of methoxy groups -OCH3 is 2. The maximum Gasteiger partial charge on any atom is 0.330 e. The summed E-state index contributed by atoms with van der Waals surface area (Å²) >= 11 is 0. The number of nitrogens with one attached hydrogen (secondary N) is 1. The topological polar surface area (TPSA) is 64.2 Å². The Morgan fingerprint density at radius 3 is 2.36 bits per heavy atom. The Hall–Kier alpha value is -3.34. The molecule has 1 heterocycles. The summed E-state index contributed by atoms with van der Waals surface area (Å²) < 4.78 is 9.86. The lowest BCUT2D eigenvalue weighted by molar-refractivity contribution is -0.134. The van der Waals surface area contributed by atoms with Crippen LogP contribution in [-0.4, -0.2) is 30.2 Å². The standard InChI is InChI=1S/C20H18N2O3/c1-24-16-10-8-14(9-11-16)19-17(12-13-18(23)25-2)21-20(22-19)15-6-4-3-5-7-15/h3-13H,1-2H3,(H,21,22). The maximum atomic E-state index is 11.4. The van der Waals surface area contributed by atoms with Crippen molar-refractivity contribution in [1.29, 1.82) is 0 Å². The van der Waals surface area contributed by atoms with E-state index in [2.05, 4.69) is 9.72 Å². The molecule has 0 unspecified atom stereocenters. The molecule has 0 saturated heterocycles. The number of carbonyl (C=O) groups is 1. The highest BCUT2D eigenvalue weighted by Crippen LogP contribution is 2.28. The van der Waals surface area contributed by atoms with Crippen LogP contribution < -0.4 is 4.74 Å². The van der Waals surface area contributed by atoms with Crippen molar-refractivity contribution in [3.8, 4) is 28.4 Å². The first kappa shape index (κ1) is 16.5. The van der Waals surface area contributed by atoms with Gasteiger partial charge in [-0.1, -0.05) is 30.3 Å². The predicted molar refractivity (Wildman–Crippen MR) is 97.1 cm³/mol. The van der Waals surface area contributed by atoms with Crippen LogP contribution in [0.3, 0.4) is 0 Å². The molecule has 126 valence electrons. The number of aromatic nitrogens is 2. The lowest BCUT2D eigenvalue weighted by Gasteiger charge is -2.02. The molecule has 0 aliphatic heterocycles. The van der Waals surface area contributed by atoms with Gasteiger partial charge in [-0.05, 0) is 30.3 Å². The lowest BCUT2D eigenvalue weighted by Crippen LogP contribution is -1.93. The fourth-order valence-electron chi connectivity index (χ4n) is 2.43. The fourth-order valence-corrected chi connectivity index (χ4v) is 2.43. The van der Waals surface area contributed by atoms with Crippen molar-refractivity contribution in [2.24, 2.45) is 0 Å². The van der Waals surface area contributed by atoms with Gasteiger partial charge in [0.2, 0.25) is 0 Å². The highest BCUT2D eigenvalue weighted by atomic mass is 16.5. The molecule has 0 spiro atoms. The number of benzene rings is 2. The van der Waals surface area contributed by atoms with Crippen LogP contribution in [0.5, 0.6) is 5.75 Å². The zero-order chi connectivity index (χ0) is 17.6. The van der Waals surface area contributed by atoms with Crippen molar-refractivity contribution in [1.82, 2.24) is 9.97 Å². The Morgan fingerprint density at radius 2 is 1.72 bits per heavy atom. The third-order valence-electron chi connectivity index (χ3n) is 3.73. The Labute approximate surface area is 145 Å². The van der Waals surface area contributed by atoms with Crippen LogP contribution in [0.4, 0.5) is 0 Å². The second-order valence-corrected chi connectivity index (χ2v) is 5.30. The minimum atomic E-state index is -0.420. The molecule has 1 aromatic heterocycles. The van der Waals surface area contributed by atoms with E-state index >= 15 is 0 Å². The summed E-state index contributed by atoms with van der Waals surface area (Å²) in [5, 5.41) is 0. The van der Waals surface area contributed by atoms with Crippen molar-refractivity contribution < 1.29 is 14.3 Å². The minimum Gasteiger partial charge on any atom is -0.497 e. The smallest absolute Gasteiger partial charge is 0.330 e. The first-order valence-corrected chi connectivity index (χ1v) is 7.77. The van der Waals surface area contributed by atoms with Crippen LogP contribution in [-0.2, 0) is 9.53 Å². The molecular formula is C20H18N2O3. The van der Waals surface area contributed by atoms with Gasteiger partial charge in [0.15, 0.2) is 0 Å². The van der Waals surface area contributed by atoms with Crippen LogP contribution >= 0.6 is 0 Å². The molecule has 0 bridgehead atoms. The van der Waals surface area contributed by atoms with Crippen molar-refractivity contribution in [2.45, 2.75) is 0 Å². The minimum absolute atomic E-state index is 0.420. The number of ether oxygens (including phenoxy) is 2. The zero-order valence-electron chi connectivity index (χ0n) is 14.0. The summed E-state index contributed by atoms with van der Waals surface area (Å²) in [5.74, 6) is 1.08. The molecule has 2 aromatic carbocycles. The van der Waals surface area contributed by atoms with Crippen LogP contribution in [0.25, 0.3) is 28.7 Å². The van der Waals surface area contributed by atoms with E-state index in [-0.39, 0.29) is 0 Å². The van der Waals surface area contributed by atoms with Gasteiger partial charge < -0.3 is 14.5 Å². The number of aromatic amines is 1. The van der Waals surface area contributed by atoms with E-state index in [0.29, 0.717) is 0 Å². The first-order chi connectivity index (χ1) is 12.2. The average molecular weight is 334 g/mol. The maximum absolute atomic E-state index is 11.4. The number of nitrogens with zero attached hydrogens (tertiary/aromatic N) is 1. The molecule has 0 atom stereocenters. The fraction of sp³-hybridized carbons (Fsp3) is 0.100. The quantitative estimate of drug-likeness (QED) is 0.567. The van der Waals surface area contributed by atoms with Gasteiger partial charge in [0.1, 0.15) is 11.6 Å². The van der Waals surface area contributed by atoms with Gasteiger partial charge in [-0.25, -0.2) is 9.78 Å². The van der Waals surface area contributed by atoms with E-state index in [0.717, 1.165) is 34.1 Å². The van der Waals surface area contributed by atoms with Gasteiger partial charge in [0.25, 0.3) is 0 Å². The largest absolute Gasteiger partial charge is 0.497 e. The zero-order valence-corrected chi connectivity index (χ0v) is 14.0. The van der Waals surface area contributed by atoms with Gasteiger partial charge in [-0.3, -0.25) is 0 Å². The Balaban J connectivity index is 2.05. The summed E-state index contributed by atoms with van der Waals surface area (Å²) in [6, 6.07) is 17.4. The van der Waals surface area contributed by atoms with Gasteiger partial charge in [-0.15, -0.1) is 0 Å². The Bertz CT molecular complexity index is 881. The first-order valence-electron chi connectivity index (χ1n) is 7.77. The molecule has 3 rings (SSSR count). The van der Waals surface area contributed by atoms with Crippen molar-refractivity contribution in [3.05, 3.63) is 66.4 Å². The number of rotatable bonds is 5.